The predicted octanol–water partition coefficient (Wildman–Crippen LogP) is 1.17. The van der Waals surface area contributed by atoms with Crippen molar-refractivity contribution in [2.75, 3.05) is 13.2 Å². The minimum Gasteiger partial charge on any atom is -0.460 e. The molecule has 22 heavy (non-hydrogen) atoms. The molecule has 120 valence electrons. The first-order valence-electron chi connectivity index (χ1n) is 6.41. The number of nitriles is 1. The van der Waals surface area contributed by atoms with Crippen LogP contribution in [0.5, 0.6) is 0 Å². The number of ether oxygens (including phenoxy) is 1. The maximum atomic E-state index is 11.9. The van der Waals surface area contributed by atoms with E-state index in [1.807, 2.05) is 0 Å². The van der Waals surface area contributed by atoms with Crippen LogP contribution in [0.15, 0.2) is 11.1 Å². The molecule has 0 spiro atoms. The molecule has 0 unspecified atom stereocenters. The number of amides is 1. The number of alkyl halides is 3. The number of carbonyl (C=O) groups excluding carboxylic acids is 3. The Morgan fingerprint density at radius 3 is 2.32 bits per heavy atom. The highest BCUT2D eigenvalue weighted by atomic mass is 19.4. The molecule has 9 heteroatoms. The van der Waals surface area contributed by atoms with Gasteiger partial charge in [-0.15, -0.1) is 0 Å². The molecule has 0 aromatic carbocycles. The lowest BCUT2D eigenvalue weighted by Crippen LogP contribution is -2.38. The lowest BCUT2D eigenvalue weighted by molar-refractivity contribution is -0.173. The molecular weight excluding hydrogens is 305 g/mol. The number of hydrogen-bond donors (Lipinski definition) is 1. The van der Waals surface area contributed by atoms with Gasteiger partial charge < -0.3 is 10.1 Å². The van der Waals surface area contributed by atoms with E-state index in [2.05, 4.69) is 4.74 Å². The Morgan fingerprint density at radius 2 is 1.82 bits per heavy atom. The van der Waals surface area contributed by atoms with E-state index in [0.29, 0.717) is 18.4 Å². The quantitative estimate of drug-likeness (QED) is 0.363. The van der Waals surface area contributed by atoms with Gasteiger partial charge in [-0.1, -0.05) is 0 Å². The summed E-state index contributed by atoms with van der Waals surface area (Å²) in [6.45, 7) is -1.01. The smallest absolute Gasteiger partial charge is 0.460 e. The van der Waals surface area contributed by atoms with Gasteiger partial charge in [-0.3, -0.25) is 9.59 Å². The number of rotatable bonds is 4. The number of hydrogen-bond acceptors (Lipinski definition) is 5. The fourth-order valence-corrected chi connectivity index (χ4v) is 1.83. The zero-order valence-corrected chi connectivity index (χ0v) is 11.5. The van der Waals surface area contributed by atoms with E-state index in [4.69, 9.17) is 5.26 Å². The van der Waals surface area contributed by atoms with Gasteiger partial charge in [0.25, 0.3) is 0 Å². The number of carbonyl (C=O) groups is 3. The van der Waals surface area contributed by atoms with Crippen LogP contribution in [0.4, 0.5) is 13.2 Å². The van der Waals surface area contributed by atoms with Crippen LogP contribution in [0.2, 0.25) is 0 Å². The van der Waals surface area contributed by atoms with Crippen molar-refractivity contribution in [1.29, 1.82) is 5.26 Å². The first kappa shape index (κ1) is 17.7. The second-order valence-corrected chi connectivity index (χ2v) is 4.52. The third-order valence-electron chi connectivity index (χ3n) is 2.96. The van der Waals surface area contributed by atoms with Crippen LogP contribution in [0, 0.1) is 11.3 Å². The molecule has 1 amide bonds. The third kappa shape index (κ3) is 5.20. The van der Waals surface area contributed by atoms with E-state index >= 15 is 0 Å². The Hall–Kier alpha value is -2.37. The highest BCUT2D eigenvalue weighted by Crippen LogP contribution is 2.24. The zero-order valence-electron chi connectivity index (χ0n) is 11.5. The molecule has 0 aliphatic heterocycles. The molecule has 1 N–H and O–H groups in total. The summed E-state index contributed by atoms with van der Waals surface area (Å²) in [4.78, 5) is 33.3. The van der Waals surface area contributed by atoms with E-state index in [9.17, 15) is 27.6 Å². The molecule has 0 heterocycles. The highest BCUT2D eigenvalue weighted by Gasteiger charge is 2.38. The zero-order chi connectivity index (χ0) is 16.8. The standard InChI is InChI=1S/C13H13F3N2O4/c14-13(15,16)12(21)18-5-6-22-11(20)10(7-17)8-1-3-9(19)4-2-8/h1-6H2,(H,18,21). The molecular formula is C13H13F3N2O4. The second kappa shape index (κ2) is 7.59. The number of nitrogens with one attached hydrogen (secondary N) is 1. The average molecular weight is 318 g/mol. The molecule has 1 aliphatic rings. The molecule has 0 saturated heterocycles. The lowest BCUT2D eigenvalue weighted by Gasteiger charge is -2.14. The number of esters is 1. The van der Waals surface area contributed by atoms with Crippen LogP contribution in [0.3, 0.4) is 0 Å². The second-order valence-electron chi connectivity index (χ2n) is 4.52. The molecule has 1 aliphatic carbocycles. The SMILES string of the molecule is N#CC(C(=O)OCCNC(=O)C(F)(F)F)=C1CCC(=O)CC1. The first-order chi connectivity index (χ1) is 10.3. The van der Waals surface area contributed by atoms with Crippen molar-refractivity contribution in [1.82, 2.24) is 5.32 Å². The van der Waals surface area contributed by atoms with E-state index in [-0.39, 0.29) is 24.2 Å². The average Bonchev–Trinajstić information content (AvgIpc) is 2.45. The van der Waals surface area contributed by atoms with Gasteiger partial charge in [-0.05, 0) is 18.4 Å². The maximum Gasteiger partial charge on any atom is 0.471 e. The van der Waals surface area contributed by atoms with Crippen LogP contribution in [-0.4, -0.2) is 37.0 Å². The predicted molar refractivity (Wildman–Crippen MR) is 66.1 cm³/mol. The van der Waals surface area contributed by atoms with Gasteiger partial charge in [-0.2, -0.15) is 18.4 Å². The van der Waals surface area contributed by atoms with Gasteiger partial charge in [0.2, 0.25) is 0 Å². The highest BCUT2D eigenvalue weighted by molar-refractivity contribution is 5.94. The Bertz CT molecular complexity index is 534. The summed E-state index contributed by atoms with van der Waals surface area (Å²) >= 11 is 0. The van der Waals surface area contributed by atoms with Crippen molar-refractivity contribution in [2.24, 2.45) is 0 Å². The number of allylic oxidation sites excluding steroid dienone is 1. The summed E-state index contributed by atoms with van der Waals surface area (Å²) < 4.78 is 40.3. The Kier molecular flexibility index (Phi) is 6.10. The van der Waals surface area contributed by atoms with E-state index in [1.165, 1.54) is 5.32 Å². The summed E-state index contributed by atoms with van der Waals surface area (Å²) in [7, 11) is 0. The van der Waals surface area contributed by atoms with Crippen molar-refractivity contribution in [3.8, 4) is 6.07 Å². The Balaban J connectivity index is 2.47. The molecule has 0 atom stereocenters. The first-order valence-corrected chi connectivity index (χ1v) is 6.41. The number of halogens is 3. The Morgan fingerprint density at radius 1 is 1.23 bits per heavy atom. The van der Waals surface area contributed by atoms with Crippen molar-refractivity contribution < 1.29 is 32.3 Å². The molecule has 0 radical (unpaired) electrons. The van der Waals surface area contributed by atoms with Crippen LogP contribution < -0.4 is 5.32 Å². The Labute approximate surface area is 123 Å². The van der Waals surface area contributed by atoms with Gasteiger partial charge in [0.15, 0.2) is 0 Å². The minimum atomic E-state index is -5.00. The van der Waals surface area contributed by atoms with Gasteiger partial charge in [0.05, 0.1) is 6.54 Å². The lowest BCUT2D eigenvalue weighted by atomic mass is 9.90. The largest absolute Gasteiger partial charge is 0.471 e. The van der Waals surface area contributed by atoms with Gasteiger partial charge in [-0.25, -0.2) is 4.79 Å². The van der Waals surface area contributed by atoms with Crippen LogP contribution in [-0.2, 0) is 19.1 Å². The third-order valence-corrected chi connectivity index (χ3v) is 2.96. The van der Waals surface area contributed by atoms with Crippen molar-refractivity contribution in [2.45, 2.75) is 31.9 Å². The topological polar surface area (TPSA) is 96.3 Å². The number of ketones is 1. The van der Waals surface area contributed by atoms with Crippen molar-refractivity contribution in [3.05, 3.63) is 11.1 Å². The normalized spacial score (nSPS) is 15.0. The summed E-state index contributed by atoms with van der Waals surface area (Å²) in [5, 5.41) is 10.5. The minimum absolute atomic E-state index is 0.0456. The van der Waals surface area contributed by atoms with E-state index in [0.717, 1.165) is 0 Å². The summed E-state index contributed by atoms with van der Waals surface area (Å²) in [5.41, 5.74) is 0.279. The fraction of sp³-hybridized carbons (Fsp3) is 0.538. The molecule has 1 saturated carbocycles. The van der Waals surface area contributed by atoms with Crippen molar-refractivity contribution in [3.63, 3.8) is 0 Å². The fourth-order valence-electron chi connectivity index (χ4n) is 1.83. The van der Waals surface area contributed by atoms with E-state index in [1.54, 1.807) is 6.07 Å². The van der Waals surface area contributed by atoms with Crippen LogP contribution in [0.1, 0.15) is 25.7 Å². The molecule has 0 aromatic rings. The molecule has 1 rings (SSSR count). The van der Waals surface area contributed by atoms with E-state index < -0.39 is 31.2 Å². The van der Waals surface area contributed by atoms with Gasteiger partial charge >= 0.3 is 18.1 Å². The summed E-state index contributed by atoms with van der Waals surface area (Å²) in [5.74, 6) is -3.05. The molecule has 1 fully saturated rings. The van der Waals surface area contributed by atoms with Crippen LogP contribution >= 0.6 is 0 Å². The monoisotopic (exact) mass is 318 g/mol. The maximum absolute atomic E-state index is 11.9. The number of Topliss-reactive ketones (excluding diaryl/α,β-unsaturated/α-hetero) is 1. The molecule has 6 nitrogen and oxygen atoms in total. The molecule has 0 aromatic heterocycles. The molecule has 0 bridgehead atoms. The summed E-state index contributed by atoms with van der Waals surface area (Å²) in [6, 6.07) is 1.69. The summed E-state index contributed by atoms with van der Waals surface area (Å²) in [6.07, 6.45) is -3.92. The van der Waals surface area contributed by atoms with Crippen molar-refractivity contribution >= 4 is 17.7 Å². The number of nitrogens with zero attached hydrogens (tertiary/aromatic N) is 1. The van der Waals surface area contributed by atoms with Gasteiger partial charge in [0.1, 0.15) is 24.0 Å². The van der Waals surface area contributed by atoms with Gasteiger partial charge in [0, 0.05) is 12.8 Å². The van der Waals surface area contributed by atoms with Crippen LogP contribution in [0.25, 0.3) is 0 Å².